The van der Waals surface area contributed by atoms with Gasteiger partial charge in [0, 0.05) is 23.0 Å². The Kier molecular flexibility index (Phi) is 3.03. The number of aryl methyl sites for hydroxylation is 2. The zero-order chi connectivity index (χ0) is 14.1. The lowest BCUT2D eigenvalue weighted by Gasteiger charge is -2.08. The van der Waals surface area contributed by atoms with Crippen LogP contribution in [0.4, 0.5) is 5.69 Å². The van der Waals surface area contributed by atoms with Gasteiger partial charge in [0.25, 0.3) is 5.91 Å². The Morgan fingerprint density at radius 3 is 2.65 bits per heavy atom. The molecule has 0 aliphatic heterocycles. The first kappa shape index (κ1) is 12.5. The maximum Gasteiger partial charge on any atom is 0.255 e. The molecule has 0 radical (unpaired) electrons. The minimum Gasteiger partial charge on any atom is -0.361 e. The lowest BCUT2D eigenvalue weighted by atomic mass is 10.1. The summed E-state index contributed by atoms with van der Waals surface area (Å²) in [7, 11) is 0. The number of amides is 1. The van der Waals surface area contributed by atoms with Crippen LogP contribution in [0, 0.1) is 13.8 Å². The number of aromatic amines is 1. The van der Waals surface area contributed by atoms with Crippen LogP contribution in [0.5, 0.6) is 0 Å². The van der Waals surface area contributed by atoms with E-state index in [1.165, 1.54) is 11.1 Å². The molecule has 3 rings (SSSR count). The number of hydrogen-bond acceptors (Lipinski definition) is 1. The molecule has 0 saturated heterocycles. The van der Waals surface area contributed by atoms with Crippen LogP contribution in [-0.2, 0) is 0 Å². The van der Waals surface area contributed by atoms with E-state index < -0.39 is 0 Å². The van der Waals surface area contributed by atoms with Gasteiger partial charge in [-0.15, -0.1) is 0 Å². The Hall–Kier alpha value is -2.55. The van der Waals surface area contributed by atoms with E-state index in [9.17, 15) is 4.79 Å². The van der Waals surface area contributed by atoms with Crippen LogP contribution in [0.25, 0.3) is 10.9 Å². The van der Waals surface area contributed by atoms with Crippen LogP contribution in [0.15, 0.2) is 48.7 Å². The fraction of sp³-hybridized carbons (Fsp3) is 0.118. The summed E-state index contributed by atoms with van der Waals surface area (Å²) in [5.74, 6) is -0.0928. The van der Waals surface area contributed by atoms with Crippen molar-refractivity contribution in [3.8, 4) is 0 Å². The van der Waals surface area contributed by atoms with Crippen molar-refractivity contribution in [1.82, 2.24) is 4.98 Å². The Bertz CT molecular complexity index is 787. The van der Waals surface area contributed by atoms with E-state index in [0.29, 0.717) is 5.56 Å². The van der Waals surface area contributed by atoms with Gasteiger partial charge in [-0.05, 0) is 60.7 Å². The summed E-state index contributed by atoms with van der Waals surface area (Å²) >= 11 is 0. The molecule has 1 aromatic heterocycles. The fourth-order valence-electron chi connectivity index (χ4n) is 2.21. The smallest absolute Gasteiger partial charge is 0.255 e. The number of anilines is 1. The van der Waals surface area contributed by atoms with E-state index in [-0.39, 0.29) is 5.91 Å². The van der Waals surface area contributed by atoms with Crippen molar-refractivity contribution in [2.24, 2.45) is 0 Å². The summed E-state index contributed by atoms with van der Waals surface area (Å²) in [4.78, 5) is 15.4. The average molecular weight is 264 g/mol. The summed E-state index contributed by atoms with van der Waals surface area (Å²) in [6.07, 6.45) is 1.87. The zero-order valence-corrected chi connectivity index (χ0v) is 11.5. The normalized spacial score (nSPS) is 10.7. The van der Waals surface area contributed by atoms with Crippen molar-refractivity contribution in [3.63, 3.8) is 0 Å². The number of nitrogens with one attached hydrogen (secondary N) is 2. The summed E-state index contributed by atoms with van der Waals surface area (Å²) in [6, 6.07) is 13.6. The van der Waals surface area contributed by atoms with E-state index in [2.05, 4.69) is 17.2 Å². The second-order valence-corrected chi connectivity index (χ2v) is 5.03. The first-order valence-corrected chi connectivity index (χ1v) is 6.59. The topological polar surface area (TPSA) is 44.9 Å². The molecule has 0 unspecified atom stereocenters. The first-order valence-electron chi connectivity index (χ1n) is 6.59. The summed E-state index contributed by atoms with van der Waals surface area (Å²) in [5, 5.41) is 4.03. The molecular formula is C17H16N2O. The standard InChI is InChI=1S/C17H16N2O/c1-11-3-6-15(9-12(11)2)19-17(20)14-5-4-13-7-8-18-16(13)10-14/h3-10,18H,1-2H3,(H,19,20). The lowest BCUT2D eigenvalue weighted by molar-refractivity contribution is 0.102. The predicted octanol–water partition coefficient (Wildman–Crippen LogP) is 4.04. The number of benzene rings is 2. The Balaban J connectivity index is 1.86. The van der Waals surface area contributed by atoms with Gasteiger partial charge in [0.1, 0.15) is 0 Å². The molecule has 3 heteroatoms. The molecule has 0 spiro atoms. The van der Waals surface area contributed by atoms with Crippen LogP contribution in [-0.4, -0.2) is 10.9 Å². The molecule has 2 aromatic carbocycles. The van der Waals surface area contributed by atoms with Gasteiger partial charge in [-0.1, -0.05) is 12.1 Å². The SMILES string of the molecule is Cc1ccc(NC(=O)c2ccc3cc[nH]c3c2)cc1C. The zero-order valence-electron chi connectivity index (χ0n) is 11.5. The van der Waals surface area contributed by atoms with Crippen LogP contribution < -0.4 is 5.32 Å². The van der Waals surface area contributed by atoms with Crippen LogP contribution >= 0.6 is 0 Å². The molecule has 1 heterocycles. The van der Waals surface area contributed by atoms with Crippen molar-refractivity contribution in [2.45, 2.75) is 13.8 Å². The van der Waals surface area contributed by atoms with Crippen LogP contribution in [0.2, 0.25) is 0 Å². The fourth-order valence-corrected chi connectivity index (χ4v) is 2.21. The Morgan fingerprint density at radius 2 is 1.85 bits per heavy atom. The number of hydrogen-bond donors (Lipinski definition) is 2. The second kappa shape index (κ2) is 4.85. The number of rotatable bonds is 2. The third kappa shape index (κ3) is 2.30. The lowest BCUT2D eigenvalue weighted by Crippen LogP contribution is -2.11. The molecule has 0 atom stereocenters. The molecule has 0 aliphatic carbocycles. The molecule has 0 bridgehead atoms. The average Bonchev–Trinajstić information content (AvgIpc) is 2.90. The minimum atomic E-state index is -0.0928. The van der Waals surface area contributed by atoms with Gasteiger partial charge in [-0.2, -0.15) is 0 Å². The van der Waals surface area contributed by atoms with E-state index in [4.69, 9.17) is 0 Å². The molecule has 20 heavy (non-hydrogen) atoms. The number of aromatic nitrogens is 1. The van der Waals surface area contributed by atoms with Gasteiger partial charge in [0.2, 0.25) is 0 Å². The van der Waals surface area contributed by atoms with Crippen LogP contribution in [0.3, 0.4) is 0 Å². The number of H-pyrrole nitrogens is 1. The van der Waals surface area contributed by atoms with E-state index in [1.54, 1.807) is 0 Å². The van der Waals surface area contributed by atoms with E-state index >= 15 is 0 Å². The van der Waals surface area contributed by atoms with Gasteiger partial charge < -0.3 is 10.3 Å². The maximum absolute atomic E-state index is 12.3. The quantitative estimate of drug-likeness (QED) is 0.721. The van der Waals surface area contributed by atoms with E-state index in [0.717, 1.165) is 16.6 Å². The minimum absolute atomic E-state index is 0.0928. The highest BCUT2D eigenvalue weighted by Gasteiger charge is 2.07. The molecule has 100 valence electrons. The number of fused-ring (bicyclic) bond motifs is 1. The maximum atomic E-state index is 12.3. The summed E-state index contributed by atoms with van der Waals surface area (Å²) < 4.78 is 0. The number of carbonyl (C=O) groups excluding carboxylic acids is 1. The van der Waals surface area contributed by atoms with Gasteiger partial charge in [0.05, 0.1) is 0 Å². The first-order chi connectivity index (χ1) is 9.63. The van der Waals surface area contributed by atoms with Gasteiger partial charge in [-0.25, -0.2) is 0 Å². The number of carbonyl (C=O) groups is 1. The highest BCUT2D eigenvalue weighted by Crippen LogP contribution is 2.17. The summed E-state index contributed by atoms with van der Waals surface area (Å²) in [5.41, 5.74) is 4.83. The predicted molar refractivity (Wildman–Crippen MR) is 82.2 cm³/mol. The van der Waals surface area contributed by atoms with Gasteiger partial charge >= 0.3 is 0 Å². The third-order valence-corrected chi connectivity index (χ3v) is 3.58. The highest BCUT2D eigenvalue weighted by atomic mass is 16.1. The van der Waals surface area contributed by atoms with Gasteiger partial charge in [0.15, 0.2) is 0 Å². The highest BCUT2D eigenvalue weighted by molar-refractivity contribution is 6.06. The molecule has 2 N–H and O–H groups in total. The van der Waals surface area contributed by atoms with Crippen molar-refractivity contribution < 1.29 is 4.79 Å². The molecule has 0 aliphatic rings. The largest absolute Gasteiger partial charge is 0.361 e. The van der Waals surface area contributed by atoms with Crippen molar-refractivity contribution in [3.05, 3.63) is 65.4 Å². The molecule has 3 aromatic rings. The van der Waals surface area contributed by atoms with Crippen molar-refractivity contribution in [2.75, 3.05) is 5.32 Å². The van der Waals surface area contributed by atoms with Crippen LogP contribution in [0.1, 0.15) is 21.5 Å². The second-order valence-electron chi connectivity index (χ2n) is 5.03. The Labute approximate surface area is 117 Å². The molecule has 0 fully saturated rings. The third-order valence-electron chi connectivity index (χ3n) is 3.58. The van der Waals surface area contributed by atoms with Crippen molar-refractivity contribution in [1.29, 1.82) is 0 Å². The molecule has 3 nitrogen and oxygen atoms in total. The van der Waals surface area contributed by atoms with Gasteiger partial charge in [-0.3, -0.25) is 4.79 Å². The van der Waals surface area contributed by atoms with E-state index in [1.807, 2.05) is 55.6 Å². The summed E-state index contributed by atoms with van der Waals surface area (Å²) in [6.45, 7) is 4.09. The monoisotopic (exact) mass is 264 g/mol. The molecular weight excluding hydrogens is 248 g/mol. The molecule has 1 amide bonds. The molecule has 0 saturated carbocycles. The van der Waals surface area contributed by atoms with Crippen molar-refractivity contribution >= 4 is 22.5 Å². The Morgan fingerprint density at radius 1 is 1.00 bits per heavy atom.